The lowest BCUT2D eigenvalue weighted by Crippen LogP contribution is -2.43. The average Bonchev–Trinajstić information content (AvgIpc) is 2.67. The molecule has 0 bridgehead atoms. The number of amides is 1. The number of hydrogen-bond acceptors (Lipinski definition) is 4. The fraction of sp³-hybridized carbons (Fsp3) is 0.545. The summed E-state index contributed by atoms with van der Waals surface area (Å²) < 4.78 is 11.5. The van der Waals surface area contributed by atoms with Gasteiger partial charge in [-0.05, 0) is 50.2 Å². The first-order valence-electron chi connectivity index (χ1n) is 9.93. The third-order valence-electron chi connectivity index (χ3n) is 5.90. The molecule has 1 aromatic rings. The third-order valence-corrected chi connectivity index (χ3v) is 5.90. The Hall–Kier alpha value is -2.14. The molecule has 0 saturated carbocycles. The Bertz CT molecular complexity index is 774. The van der Waals surface area contributed by atoms with Crippen LogP contribution in [0.2, 0.25) is 0 Å². The van der Waals surface area contributed by atoms with E-state index in [0.29, 0.717) is 32.0 Å². The summed E-state index contributed by atoms with van der Waals surface area (Å²) in [6.07, 6.45) is 3.03. The molecule has 3 aliphatic rings. The second-order valence-corrected chi connectivity index (χ2v) is 8.04. The summed E-state index contributed by atoms with van der Waals surface area (Å²) in [6.45, 7) is 5.75. The molecule has 1 saturated heterocycles. The van der Waals surface area contributed by atoms with Crippen molar-refractivity contribution in [3.63, 3.8) is 0 Å². The molecule has 1 unspecified atom stereocenters. The molecule has 5 nitrogen and oxygen atoms in total. The van der Waals surface area contributed by atoms with Gasteiger partial charge in [-0.3, -0.25) is 4.79 Å². The number of piperidine rings is 1. The fourth-order valence-corrected chi connectivity index (χ4v) is 4.48. The van der Waals surface area contributed by atoms with Crippen LogP contribution in [0.4, 0.5) is 4.79 Å². The van der Waals surface area contributed by atoms with E-state index in [1.807, 2.05) is 38.1 Å². The number of fused-ring (bicyclic) bond motifs is 2. The van der Waals surface area contributed by atoms with Crippen molar-refractivity contribution in [1.82, 2.24) is 4.90 Å². The molecule has 2 aliphatic heterocycles. The highest BCUT2D eigenvalue weighted by molar-refractivity contribution is 6.06. The maximum atomic E-state index is 12.5. The summed E-state index contributed by atoms with van der Waals surface area (Å²) in [6, 6.07) is 7.86. The maximum Gasteiger partial charge on any atom is 0.410 e. The quantitative estimate of drug-likeness (QED) is 0.788. The van der Waals surface area contributed by atoms with Crippen molar-refractivity contribution in [3.05, 3.63) is 41.0 Å². The van der Waals surface area contributed by atoms with Crippen LogP contribution < -0.4 is 0 Å². The number of rotatable bonds is 2. The standard InChI is InChI=1S/C22H27NO4/c1-14(2)27-22(25)23-9-7-15(8-10-23)21-12-16-11-20(24)18-6-4-3-5-17(18)19(16)13-26-21/h3-6,14-15,21H,7-13H2,1-2H3. The number of carbonyl (C=O) groups is 2. The van der Waals surface area contributed by atoms with Crippen molar-refractivity contribution in [2.24, 2.45) is 5.92 Å². The highest BCUT2D eigenvalue weighted by Crippen LogP contribution is 2.40. The molecule has 5 heteroatoms. The molecule has 27 heavy (non-hydrogen) atoms. The lowest BCUT2D eigenvalue weighted by molar-refractivity contribution is -0.00325. The van der Waals surface area contributed by atoms with E-state index >= 15 is 0 Å². The zero-order valence-corrected chi connectivity index (χ0v) is 16.1. The number of nitrogens with zero attached hydrogens (tertiary/aromatic N) is 1. The molecule has 1 aromatic carbocycles. The van der Waals surface area contributed by atoms with Crippen LogP contribution in [0.3, 0.4) is 0 Å². The van der Waals surface area contributed by atoms with E-state index in [0.717, 1.165) is 30.4 Å². The average molecular weight is 369 g/mol. The molecular formula is C22H27NO4. The first-order valence-corrected chi connectivity index (χ1v) is 9.93. The van der Waals surface area contributed by atoms with Gasteiger partial charge in [0, 0.05) is 25.1 Å². The highest BCUT2D eigenvalue weighted by Gasteiger charge is 2.35. The molecule has 1 atom stereocenters. The normalized spacial score (nSPS) is 23.3. The van der Waals surface area contributed by atoms with Crippen LogP contribution in [-0.4, -0.2) is 48.7 Å². The van der Waals surface area contributed by atoms with Crippen molar-refractivity contribution in [3.8, 4) is 0 Å². The van der Waals surface area contributed by atoms with E-state index in [4.69, 9.17) is 9.47 Å². The van der Waals surface area contributed by atoms with Gasteiger partial charge in [-0.1, -0.05) is 29.8 Å². The Balaban J connectivity index is 1.41. The van der Waals surface area contributed by atoms with E-state index in [2.05, 4.69) is 0 Å². The zero-order valence-electron chi connectivity index (χ0n) is 16.1. The minimum Gasteiger partial charge on any atom is -0.447 e. The van der Waals surface area contributed by atoms with Crippen molar-refractivity contribution in [2.45, 2.75) is 51.7 Å². The van der Waals surface area contributed by atoms with Gasteiger partial charge < -0.3 is 14.4 Å². The van der Waals surface area contributed by atoms with E-state index in [-0.39, 0.29) is 24.1 Å². The van der Waals surface area contributed by atoms with E-state index < -0.39 is 0 Å². The van der Waals surface area contributed by atoms with Crippen molar-refractivity contribution >= 4 is 17.4 Å². The third kappa shape index (κ3) is 3.65. The zero-order chi connectivity index (χ0) is 19.0. The van der Waals surface area contributed by atoms with Gasteiger partial charge in [-0.15, -0.1) is 0 Å². The van der Waals surface area contributed by atoms with Gasteiger partial charge in [-0.25, -0.2) is 4.79 Å². The van der Waals surface area contributed by atoms with Crippen LogP contribution in [0, 0.1) is 5.92 Å². The maximum absolute atomic E-state index is 12.5. The molecule has 1 fully saturated rings. The second-order valence-electron chi connectivity index (χ2n) is 8.04. The van der Waals surface area contributed by atoms with E-state index in [1.54, 1.807) is 4.90 Å². The number of likely N-dealkylation sites (tertiary alicyclic amines) is 1. The number of carbonyl (C=O) groups excluding carboxylic acids is 2. The van der Waals surface area contributed by atoms with E-state index in [1.165, 1.54) is 11.1 Å². The topological polar surface area (TPSA) is 55.8 Å². The minimum absolute atomic E-state index is 0.0889. The molecule has 0 N–H and O–H groups in total. The molecule has 1 amide bonds. The van der Waals surface area contributed by atoms with Gasteiger partial charge in [0.25, 0.3) is 0 Å². The number of ketones is 1. The molecule has 0 radical (unpaired) electrons. The molecule has 2 heterocycles. The fourth-order valence-electron chi connectivity index (χ4n) is 4.48. The first kappa shape index (κ1) is 18.2. The predicted octanol–water partition coefficient (Wildman–Crippen LogP) is 4.07. The SMILES string of the molecule is CC(C)OC(=O)N1CCC(C2CC3=C(CO2)c2ccccc2C(=O)C3)CC1. The minimum atomic E-state index is -0.215. The highest BCUT2D eigenvalue weighted by atomic mass is 16.6. The number of ether oxygens (including phenoxy) is 2. The van der Waals surface area contributed by atoms with Gasteiger partial charge in [0.2, 0.25) is 0 Å². The molecule has 4 rings (SSSR count). The molecule has 144 valence electrons. The number of hydrogen-bond donors (Lipinski definition) is 0. The van der Waals surface area contributed by atoms with Gasteiger partial charge in [-0.2, -0.15) is 0 Å². The van der Waals surface area contributed by atoms with Crippen molar-refractivity contribution in [1.29, 1.82) is 0 Å². The van der Waals surface area contributed by atoms with Gasteiger partial charge >= 0.3 is 6.09 Å². The Morgan fingerprint density at radius 1 is 1.19 bits per heavy atom. The summed E-state index contributed by atoms with van der Waals surface area (Å²) in [5.41, 5.74) is 4.33. The van der Waals surface area contributed by atoms with Crippen LogP contribution in [0.15, 0.2) is 29.8 Å². The summed E-state index contributed by atoms with van der Waals surface area (Å²) >= 11 is 0. The van der Waals surface area contributed by atoms with Crippen LogP contribution >= 0.6 is 0 Å². The van der Waals surface area contributed by atoms with Gasteiger partial charge in [0.1, 0.15) is 0 Å². The van der Waals surface area contributed by atoms with Crippen molar-refractivity contribution in [2.75, 3.05) is 19.7 Å². The monoisotopic (exact) mass is 369 g/mol. The molecule has 0 aromatic heterocycles. The Morgan fingerprint density at radius 2 is 1.89 bits per heavy atom. The number of benzene rings is 1. The van der Waals surface area contributed by atoms with Gasteiger partial charge in [0.15, 0.2) is 5.78 Å². The van der Waals surface area contributed by atoms with Crippen LogP contribution in [-0.2, 0) is 9.47 Å². The van der Waals surface area contributed by atoms with Crippen LogP contribution in [0.1, 0.15) is 55.5 Å². The van der Waals surface area contributed by atoms with E-state index in [9.17, 15) is 9.59 Å². The summed E-state index contributed by atoms with van der Waals surface area (Å²) in [5.74, 6) is 0.644. The van der Waals surface area contributed by atoms with Crippen LogP contribution in [0.25, 0.3) is 5.57 Å². The molecule has 0 spiro atoms. The summed E-state index contributed by atoms with van der Waals surface area (Å²) in [4.78, 5) is 26.4. The van der Waals surface area contributed by atoms with Crippen LogP contribution in [0.5, 0.6) is 0 Å². The Kier molecular flexibility index (Phi) is 5.04. The molecular weight excluding hydrogens is 342 g/mol. The lowest BCUT2D eigenvalue weighted by atomic mass is 9.78. The second kappa shape index (κ2) is 7.47. The number of Topliss-reactive ketones (excluding diaryl/α,β-unsaturated/α-hetero) is 1. The summed E-state index contributed by atoms with van der Waals surface area (Å²) in [7, 11) is 0. The Labute approximate surface area is 160 Å². The first-order chi connectivity index (χ1) is 13.0. The molecule has 1 aliphatic carbocycles. The van der Waals surface area contributed by atoms with Gasteiger partial charge in [0.05, 0.1) is 18.8 Å². The predicted molar refractivity (Wildman–Crippen MR) is 103 cm³/mol. The summed E-state index contributed by atoms with van der Waals surface area (Å²) in [5, 5.41) is 0. The van der Waals surface area contributed by atoms with Crippen molar-refractivity contribution < 1.29 is 19.1 Å². The smallest absolute Gasteiger partial charge is 0.410 e. The Morgan fingerprint density at radius 3 is 2.59 bits per heavy atom. The largest absolute Gasteiger partial charge is 0.447 e. The lowest BCUT2D eigenvalue weighted by Gasteiger charge is -2.39.